The third kappa shape index (κ3) is 4.54. The van der Waals surface area contributed by atoms with Crippen LogP contribution in [0.15, 0.2) is 18.2 Å². The summed E-state index contributed by atoms with van der Waals surface area (Å²) in [5, 5.41) is 11.6. The molecule has 1 rings (SSSR count). The van der Waals surface area contributed by atoms with Crippen molar-refractivity contribution in [2.45, 2.75) is 19.8 Å². The molecule has 1 atom stereocenters. The number of nitrogens with one attached hydrogen (secondary N) is 1. The van der Waals surface area contributed by atoms with Gasteiger partial charge in [0.15, 0.2) is 0 Å². The van der Waals surface area contributed by atoms with E-state index in [4.69, 9.17) is 22.4 Å². The molecule has 0 spiro atoms. The largest absolute Gasteiger partial charge is 0.478 e. The van der Waals surface area contributed by atoms with Gasteiger partial charge in [-0.3, -0.25) is 4.79 Å². The van der Waals surface area contributed by atoms with Gasteiger partial charge >= 0.3 is 5.97 Å². The second kappa shape index (κ2) is 7.11. The number of rotatable bonds is 6. The number of halogens is 1. The molecule has 0 saturated heterocycles. The van der Waals surface area contributed by atoms with Crippen molar-refractivity contribution in [3.63, 3.8) is 0 Å². The molecule has 0 aliphatic heterocycles. The lowest BCUT2D eigenvalue weighted by Gasteiger charge is -2.12. The van der Waals surface area contributed by atoms with Crippen molar-refractivity contribution in [1.29, 1.82) is 0 Å². The minimum atomic E-state index is -1.10. The molecule has 19 heavy (non-hydrogen) atoms. The first-order valence-corrected chi connectivity index (χ1v) is 6.37. The maximum atomic E-state index is 11.8. The monoisotopic (exact) mass is 284 g/mol. The number of anilines is 1. The third-order valence-corrected chi connectivity index (χ3v) is 3.07. The van der Waals surface area contributed by atoms with Crippen molar-refractivity contribution in [1.82, 2.24) is 0 Å². The zero-order valence-electron chi connectivity index (χ0n) is 10.6. The highest BCUT2D eigenvalue weighted by Crippen LogP contribution is 2.21. The smallest absolute Gasteiger partial charge is 0.337 e. The van der Waals surface area contributed by atoms with Gasteiger partial charge in [-0.2, -0.15) is 0 Å². The average Bonchev–Trinajstić information content (AvgIpc) is 2.35. The van der Waals surface area contributed by atoms with Gasteiger partial charge in [0.1, 0.15) is 0 Å². The van der Waals surface area contributed by atoms with Crippen molar-refractivity contribution in [3.8, 4) is 0 Å². The fourth-order valence-electron chi connectivity index (χ4n) is 1.59. The summed E-state index contributed by atoms with van der Waals surface area (Å²) >= 11 is 5.82. The summed E-state index contributed by atoms with van der Waals surface area (Å²) in [6, 6.07) is 4.31. The number of hydrogen-bond donors (Lipinski definition) is 3. The summed E-state index contributed by atoms with van der Waals surface area (Å²) in [6.45, 7) is 2.37. The molecule has 0 heterocycles. The molecule has 0 bridgehead atoms. The number of nitrogens with two attached hydrogens (primary N) is 1. The Balaban J connectivity index is 2.70. The van der Waals surface area contributed by atoms with Crippen LogP contribution in [0.4, 0.5) is 5.69 Å². The number of carbonyl (C=O) groups is 2. The molecule has 0 radical (unpaired) electrons. The molecule has 1 aromatic carbocycles. The van der Waals surface area contributed by atoms with E-state index in [1.165, 1.54) is 18.2 Å². The summed E-state index contributed by atoms with van der Waals surface area (Å²) in [4.78, 5) is 22.6. The Morgan fingerprint density at radius 2 is 2.16 bits per heavy atom. The Kier molecular flexibility index (Phi) is 5.79. The van der Waals surface area contributed by atoms with E-state index in [1.807, 2.05) is 6.92 Å². The van der Waals surface area contributed by atoms with E-state index in [0.29, 0.717) is 18.7 Å². The summed E-state index contributed by atoms with van der Waals surface area (Å²) in [5.74, 6) is -1.38. The van der Waals surface area contributed by atoms with Crippen LogP contribution in [0.1, 0.15) is 30.1 Å². The van der Waals surface area contributed by atoms with Crippen LogP contribution < -0.4 is 11.1 Å². The van der Waals surface area contributed by atoms with Gasteiger partial charge in [0, 0.05) is 11.6 Å². The van der Waals surface area contributed by atoms with Gasteiger partial charge < -0.3 is 16.2 Å². The van der Waals surface area contributed by atoms with Crippen LogP contribution in [0.2, 0.25) is 5.02 Å². The normalized spacial score (nSPS) is 11.9. The topological polar surface area (TPSA) is 92.4 Å². The summed E-state index contributed by atoms with van der Waals surface area (Å²) in [5.41, 5.74) is 5.89. The summed E-state index contributed by atoms with van der Waals surface area (Å²) in [6.07, 6.45) is 1.50. The van der Waals surface area contributed by atoms with Gasteiger partial charge in [-0.15, -0.1) is 0 Å². The Labute approximate surface area is 116 Å². The SMILES string of the molecule is CC(CCCN)C(=O)Nc1ccc(C(=O)O)c(Cl)c1. The third-order valence-electron chi connectivity index (χ3n) is 2.76. The van der Waals surface area contributed by atoms with Crippen LogP contribution in [-0.2, 0) is 4.79 Å². The van der Waals surface area contributed by atoms with E-state index in [-0.39, 0.29) is 22.4 Å². The second-order valence-corrected chi connectivity index (χ2v) is 4.73. The van der Waals surface area contributed by atoms with E-state index in [9.17, 15) is 9.59 Å². The summed E-state index contributed by atoms with van der Waals surface area (Å²) < 4.78 is 0. The zero-order valence-corrected chi connectivity index (χ0v) is 11.4. The average molecular weight is 285 g/mol. The quantitative estimate of drug-likeness (QED) is 0.747. The molecule has 5 nitrogen and oxygen atoms in total. The van der Waals surface area contributed by atoms with Crippen molar-refractivity contribution < 1.29 is 14.7 Å². The first-order chi connectivity index (χ1) is 8.95. The zero-order chi connectivity index (χ0) is 14.4. The number of benzene rings is 1. The molecule has 0 fully saturated rings. The first kappa shape index (κ1) is 15.5. The molecule has 0 aromatic heterocycles. The van der Waals surface area contributed by atoms with Gasteiger partial charge in [-0.25, -0.2) is 4.79 Å². The van der Waals surface area contributed by atoms with Gasteiger partial charge in [0.25, 0.3) is 0 Å². The first-order valence-electron chi connectivity index (χ1n) is 5.99. The van der Waals surface area contributed by atoms with E-state index in [1.54, 1.807) is 0 Å². The van der Waals surface area contributed by atoms with E-state index >= 15 is 0 Å². The fourth-order valence-corrected chi connectivity index (χ4v) is 1.85. The van der Waals surface area contributed by atoms with Gasteiger partial charge in [0.2, 0.25) is 5.91 Å². The Bertz CT molecular complexity index is 477. The number of carboxylic acid groups (broad SMARTS) is 1. The Hall–Kier alpha value is -1.59. The fraction of sp³-hybridized carbons (Fsp3) is 0.385. The molecular formula is C13H17ClN2O3. The van der Waals surface area contributed by atoms with Crippen molar-refractivity contribution in [2.24, 2.45) is 11.7 Å². The molecular weight excluding hydrogens is 268 g/mol. The van der Waals surface area contributed by atoms with E-state index < -0.39 is 5.97 Å². The molecule has 1 amide bonds. The molecule has 1 unspecified atom stereocenters. The highest BCUT2D eigenvalue weighted by Gasteiger charge is 2.14. The lowest BCUT2D eigenvalue weighted by atomic mass is 10.0. The van der Waals surface area contributed by atoms with Crippen LogP contribution in [-0.4, -0.2) is 23.5 Å². The van der Waals surface area contributed by atoms with Gasteiger partial charge in [-0.1, -0.05) is 18.5 Å². The second-order valence-electron chi connectivity index (χ2n) is 4.32. The number of carbonyl (C=O) groups excluding carboxylic acids is 1. The van der Waals surface area contributed by atoms with Crippen LogP contribution in [0.3, 0.4) is 0 Å². The van der Waals surface area contributed by atoms with Crippen molar-refractivity contribution in [2.75, 3.05) is 11.9 Å². The molecule has 0 aliphatic carbocycles. The van der Waals surface area contributed by atoms with Crippen LogP contribution in [0, 0.1) is 5.92 Å². The Morgan fingerprint density at radius 1 is 1.47 bits per heavy atom. The molecule has 0 aliphatic rings. The number of hydrogen-bond acceptors (Lipinski definition) is 3. The highest BCUT2D eigenvalue weighted by molar-refractivity contribution is 6.33. The minimum Gasteiger partial charge on any atom is -0.478 e. The highest BCUT2D eigenvalue weighted by atomic mass is 35.5. The van der Waals surface area contributed by atoms with Crippen LogP contribution >= 0.6 is 11.6 Å². The number of aromatic carboxylic acids is 1. The predicted octanol–water partition coefficient (Wildman–Crippen LogP) is 2.35. The van der Waals surface area contributed by atoms with Gasteiger partial charge in [0.05, 0.1) is 10.6 Å². The van der Waals surface area contributed by atoms with Crippen LogP contribution in [0.25, 0.3) is 0 Å². The molecule has 4 N–H and O–H groups in total. The molecule has 104 valence electrons. The number of amides is 1. The lowest BCUT2D eigenvalue weighted by Crippen LogP contribution is -2.21. The Morgan fingerprint density at radius 3 is 2.68 bits per heavy atom. The predicted molar refractivity (Wildman–Crippen MR) is 74.5 cm³/mol. The number of carboxylic acids is 1. The van der Waals surface area contributed by atoms with Crippen LogP contribution in [0.5, 0.6) is 0 Å². The van der Waals surface area contributed by atoms with E-state index in [0.717, 1.165) is 6.42 Å². The minimum absolute atomic E-state index is 0.0100. The molecule has 6 heteroatoms. The maximum absolute atomic E-state index is 11.8. The molecule has 0 saturated carbocycles. The van der Waals surface area contributed by atoms with Crippen molar-refractivity contribution >= 4 is 29.2 Å². The lowest BCUT2D eigenvalue weighted by molar-refractivity contribution is -0.119. The van der Waals surface area contributed by atoms with Gasteiger partial charge in [-0.05, 0) is 37.6 Å². The maximum Gasteiger partial charge on any atom is 0.337 e. The summed E-state index contributed by atoms with van der Waals surface area (Å²) in [7, 11) is 0. The van der Waals surface area contributed by atoms with E-state index in [2.05, 4.69) is 5.32 Å². The molecule has 1 aromatic rings. The van der Waals surface area contributed by atoms with Crippen molar-refractivity contribution in [3.05, 3.63) is 28.8 Å². The standard InChI is InChI=1S/C13H17ClN2O3/c1-8(3-2-6-15)12(17)16-9-4-5-10(13(18)19)11(14)7-9/h4-5,7-8H,2-3,6,15H2,1H3,(H,16,17)(H,18,19).